The van der Waals surface area contributed by atoms with E-state index in [1.54, 1.807) is 12.1 Å². The lowest BCUT2D eigenvalue weighted by atomic mass is 9.68. The summed E-state index contributed by atoms with van der Waals surface area (Å²) in [6.07, 6.45) is 7.00. The fourth-order valence-electron chi connectivity index (χ4n) is 4.66. The van der Waals surface area contributed by atoms with Crippen molar-refractivity contribution in [3.05, 3.63) is 47.8 Å². The molecule has 1 aliphatic heterocycles. The zero-order valence-corrected chi connectivity index (χ0v) is 18.7. The molecule has 0 saturated heterocycles. The first-order valence-electron chi connectivity index (χ1n) is 11.4. The average molecular weight is 414 g/mol. The molecule has 1 N–H and O–H groups in total. The highest BCUT2D eigenvalue weighted by atomic mass is 19.1. The van der Waals surface area contributed by atoms with Crippen molar-refractivity contribution in [1.82, 2.24) is 10.3 Å². The van der Waals surface area contributed by atoms with E-state index in [9.17, 15) is 9.18 Å². The standard InChI is InChI=1S/C25H36FN3O/c1-5-6-9-15-29-23(20-12-7-8-13-21(20)26)16-22(28-29)24(30)27-17-19-11-10-14-25(3,4)18(19)2/h7-8,12-13,19,23H,2,5-6,9-11,14-17H2,1,3-4H3,(H,27,30)/t19-,23?/m0/s1. The van der Waals surface area contributed by atoms with Crippen molar-refractivity contribution in [2.45, 2.75) is 71.8 Å². The molecular formula is C25H36FN3O. The van der Waals surface area contributed by atoms with E-state index < -0.39 is 0 Å². The predicted octanol–water partition coefficient (Wildman–Crippen LogP) is 5.62. The van der Waals surface area contributed by atoms with Crippen molar-refractivity contribution in [3.8, 4) is 0 Å². The summed E-state index contributed by atoms with van der Waals surface area (Å²) in [5, 5.41) is 9.61. The summed E-state index contributed by atoms with van der Waals surface area (Å²) < 4.78 is 14.5. The lowest BCUT2D eigenvalue weighted by molar-refractivity contribution is -0.115. The minimum atomic E-state index is -0.236. The van der Waals surface area contributed by atoms with E-state index in [4.69, 9.17) is 0 Å². The Kier molecular flexibility index (Phi) is 7.32. The van der Waals surface area contributed by atoms with Gasteiger partial charge in [0.15, 0.2) is 0 Å². The van der Waals surface area contributed by atoms with Crippen molar-refractivity contribution in [1.29, 1.82) is 0 Å². The number of rotatable bonds is 8. The van der Waals surface area contributed by atoms with Gasteiger partial charge in [0.2, 0.25) is 0 Å². The van der Waals surface area contributed by atoms with E-state index >= 15 is 0 Å². The van der Waals surface area contributed by atoms with Gasteiger partial charge in [-0.25, -0.2) is 4.39 Å². The number of halogens is 1. The van der Waals surface area contributed by atoms with Crippen LogP contribution in [0.15, 0.2) is 41.5 Å². The second kappa shape index (κ2) is 9.76. The van der Waals surface area contributed by atoms with Gasteiger partial charge in [0.25, 0.3) is 5.91 Å². The molecule has 2 aliphatic rings. The van der Waals surface area contributed by atoms with Crippen LogP contribution in [-0.4, -0.2) is 29.7 Å². The van der Waals surface area contributed by atoms with Gasteiger partial charge in [-0.3, -0.25) is 9.80 Å². The summed E-state index contributed by atoms with van der Waals surface area (Å²) in [4.78, 5) is 12.9. The largest absolute Gasteiger partial charge is 0.350 e. The van der Waals surface area contributed by atoms with Crippen molar-refractivity contribution >= 4 is 11.6 Å². The maximum absolute atomic E-state index is 14.5. The minimum Gasteiger partial charge on any atom is -0.350 e. The smallest absolute Gasteiger partial charge is 0.267 e. The molecule has 1 aromatic carbocycles. The monoisotopic (exact) mass is 413 g/mol. The van der Waals surface area contributed by atoms with Crippen LogP contribution in [0.5, 0.6) is 0 Å². The van der Waals surface area contributed by atoms with Gasteiger partial charge in [-0.05, 0) is 36.7 Å². The van der Waals surface area contributed by atoms with E-state index in [0.29, 0.717) is 30.2 Å². The minimum absolute atomic E-state index is 0.129. The van der Waals surface area contributed by atoms with Gasteiger partial charge < -0.3 is 5.32 Å². The van der Waals surface area contributed by atoms with Crippen LogP contribution in [0.4, 0.5) is 4.39 Å². The Balaban J connectivity index is 1.66. The number of benzene rings is 1. The quantitative estimate of drug-likeness (QED) is 0.444. The number of carbonyl (C=O) groups is 1. The summed E-state index contributed by atoms with van der Waals surface area (Å²) in [6, 6.07) is 6.61. The molecule has 0 aromatic heterocycles. The van der Waals surface area contributed by atoms with Crippen LogP contribution in [-0.2, 0) is 4.79 Å². The number of hydrogen-bond acceptors (Lipinski definition) is 3. The van der Waals surface area contributed by atoms with Gasteiger partial charge in [0, 0.05) is 25.1 Å². The second-order valence-electron chi connectivity index (χ2n) is 9.37. The van der Waals surface area contributed by atoms with E-state index in [0.717, 1.165) is 45.1 Å². The second-order valence-corrected chi connectivity index (χ2v) is 9.37. The van der Waals surface area contributed by atoms with Gasteiger partial charge in [-0.1, -0.05) is 70.4 Å². The molecule has 1 heterocycles. The highest BCUT2D eigenvalue weighted by Crippen LogP contribution is 2.42. The molecule has 4 nitrogen and oxygen atoms in total. The molecule has 2 atom stereocenters. The Morgan fingerprint density at radius 3 is 2.83 bits per heavy atom. The maximum atomic E-state index is 14.5. The van der Waals surface area contributed by atoms with Crippen molar-refractivity contribution < 1.29 is 9.18 Å². The predicted molar refractivity (Wildman–Crippen MR) is 121 cm³/mol. The van der Waals surface area contributed by atoms with Crippen LogP contribution in [0.3, 0.4) is 0 Å². The number of hydrogen-bond donors (Lipinski definition) is 1. The number of hydrazone groups is 1. The first-order valence-corrected chi connectivity index (χ1v) is 11.4. The Labute approximate surface area is 180 Å². The lowest BCUT2D eigenvalue weighted by Crippen LogP contribution is -2.38. The number of carbonyl (C=O) groups excluding carboxylic acids is 1. The van der Waals surface area contributed by atoms with Gasteiger partial charge in [-0.2, -0.15) is 5.10 Å². The molecule has 0 spiro atoms. The Hall–Kier alpha value is -2.17. The molecule has 0 radical (unpaired) electrons. The molecule has 0 bridgehead atoms. The first kappa shape index (κ1) is 22.5. The molecule has 1 saturated carbocycles. The Bertz CT molecular complexity index is 801. The Morgan fingerprint density at radius 1 is 1.33 bits per heavy atom. The highest BCUT2D eigenvalue weighted by Gasteiger charge is 2.34. The molecule has 1 unspecified atom stereocenters. The number of nitrogens with one attached hydrogen (secondary N) is 1. The molecule has 1 fully saturated rings. The third-order valence-corrected chi connectivity index (χ3v) is 6.74. The fourth-order valence-corrected chi connectivity index (χ4v) is 4.66. The van der Waals surface area contributed by atoms with Crippen LogP contribution in [0, 0.1) is 17.2 Å². The third-order valence-electron chi connectivity index (χ3n) is 6.74. The molecule has 164 valence electrons. The first-order chi connectivity index (χ1) is 14.3. The molecule has 5 heteroatoms. The zero-order chi connectivity index (χ0) is 21.7. The van der Waals surface area contributed by atoms with E-state index in [2.05, 4.69) is 37.8 Å². The van der Waals surface area contributed by atoms with Gasteiger partial charge in [0.1, 0.15) is 11.5 Å². The summed E-state index contributed by atoms with van der Waals surface area (Å²) in [6.45, 7) is 12.3. The van der Waals surface area contributed by atoms with Crippen LogP contribution >= 0.6 is 0 Å². The summed E-state index contributed by atoms with van der Waals surface area (Å²) in [7, 11) is 0. The SMILES string of the molecule is C=C1[C@H](CNC(=O)C2=NN(CCCCC)C(c3ccccc3F)C2)CCCC1(C)C. The van der Waals surface area contributed by atoms with E-state index in [1.807, 2.05) is 11.1 Å². The average Bonchev–Trinajstić information content (AvgIpc) is 3.13. The molecule has 3 rings (SSSR count). The Morgan fingerprint density at radius 2 is 2.10 bits per heavy atom. The van der Waals surface area contributed by atoms with Crippen molar-refractivity contribution in [2.24, 2.45) is 16.4 Å². The van der Waals surface area contributed by atoms with Crippen LogP contribution < -0.4 is 5.32 Å². The van der Waals surface area contributed by atoms with Crippen LogP contribution in [0.2, 0.25) is 0 Å². The van der Waals surface area contributed by atoms with Gasteiger partial charge in [-0.15, -0.1) is 0 Å². The normalized spacial score (nSPS) is 23.4. The lowest BCUT2D eigenvalue weighted by Gasteiger charge is -2.38. The summed E-state index contributed by atoms with van der Waals surface area (Å²) in [5.74, 6) is -0.0613. The number of amides is 1. The summed E-state index contributed by atoms with van der Waals surface area (Å²) >= 11 is 0. The zero-order valence-electron chi connectivity index (χ0n) is 18.7. The summed E-state index contributed by atoms with van der Waals surface area (Å²) in [5.41, 5.74) is 2.47. The van der Waals surface area contributed by atoms with Gasteiger partial charge >= 0.3 is 0 Å². The fraction of sp³-hybridized carbons (Fsp3) is 0.600. The molecule has 1 aromatic rings. The molecular weight excluding hydrogens is 377 g/mol. The van der Waals surface area contributed by atoms with Crippen LogP contribution in [0.25, 0.3) is 0 Å². The van der Waals surface area contributed by atoms with Crippen molar-refractivity contribution in [2.75, 3.05) is 13.1 Å². The maximum Gasteiger partial charge on any atom is 0.267 e. The third kappa shape index (κ3) is 5.11. The topological polar surface area (TPSA) is 44.7 Å². The van der Waals surface area contributed by atoms with Gasteiger partial charge in [0.05, 0.1) is 6.04 Å². The number of nitrogens with zero attached hydrogens (tertiary/aromatic N) is 2. The van der Waals surface area contributed by atoms with E-state index in [1.165, 1.54) is 11.6 Å². The molecule has 1 amide bonds. The molecule has 1 aliphatic carbocycles. The van der Waals surface area contributed by atoms with Crippen molar-refractivity contribution in [3.63, 3.8) is 0 Å². The van der Waals surface area contributed by atoms with Crippen LogP contribution in [0.1, 0.15) is 77.3 Å². The number of unbranched alkanes of at least 4 members (excludes halogenated alkanes) is 2. The van der Waals surface area contributed by atoms with E-state index in [-0.39, 0.29) is 23.2 Å². The highest BCUT2D eigenvalue weighted by molar-refractivity contribution is 6.39. The molecule has 30 heavy (non-hydrogen) atoms.